The van der Waals surface area contributed by atoms with E-state index in [2.05, 4.69) is 0 Å². The summed E-state index contributed by atoms with van der Waals surface area (Å²) >= 11 is 6.35. The summed E-state index contributed by atoms with van der Waals surface area (Å²) in [6.45, 7) is 1.61. The largest absolute Gasteiger partial charge is 0.337 e. The number of nitrogens with zero attached hydrogens (tertiary/aromatic N) is 3. The number of rotatable bonds is 3. The van der Waals surface area contributed by atoms with Gasteiger partial charge in [0.1, 0.15) is 5.69 Å². The molecule has 132 valence electrons. The van der Waals surface area contributed by atoms with Crippen molar-refractivity contribution in [2.75, 3.05) is 13.1 Å². The predicted octanol–water partition coefficient (Wildman–Crippen LogP) is 4.82. The highest BCUT2D eigenvalue weighted by Crippen LogP contribution is 2.29. The maximum atomic E-state index is 13.2. The molecule has 5 heteroatoms. The van der Waals surface area contributed by atoms with Gasteiger partial charge >= 0.3 is 0 Å². The molecule has 1 aromatic heterocycles. The lowest BCUT2D eigenvalue weighted by atomic mass is 10.1. The minimum atomic E-state index is 0.0272. The van der Waals surface area contributed by atoms with Gasteiger partial charge in [-0.1, -0.05) is 48.0 Å². The van der Waals surface area contributed by atoms with E-state index in [0.29, 0.717) is 16.4 Å². The Bertz CT molecular complexity index is 914. The van der Waals surface area contributed by atoms with E-state index in [0.717, 1.165) is 37.2 Å². The van der Waals surface area contributed by atoms with E-state index < -0.39 is 0 Å². The van der Waals surface area contributed by atoms with Gasteiger partial charge in [-0.25, -0.2) is 4.68 Å². The number of amides is 1. The zero-order chi connectivity index (χ0) is 17.9. The molecule has 4 nitrogen and oxygen atoms in total. The summed E-state index contributed by atoms with van der Waals surface area (Å²) < 4.78 is 1.73. The van der Waals surface area contributed by atoms with Gasteiger partial charge in [0.25, 0.3) is 5.91 Å². The van der Waals surface area contributed by atoms with Crippen LogP contribution in [0.3, 0.4) is 0 Å². The van der Waals surface area contributed by atoms with E-state index in [4.69, 9.17) is 16.7 Å². The number of carbonyl (C=O) groups is 1. The monoisotopic (exact) mass is 365 g/mol. The number of hydrogen-bond acceptors (Lipinski definition) is 2. The lowest BCUT2D eigenvalue weighted by Crippen LogP contribution is -2.36. The molecular weight excluding hydrogens is 346 g/mol. The number of likely N-dealkylation sites (tertiary alicyclic amines) is 1. The lowest BCUT2D eigenvalue weighted by Gasteiger charge is -2.26. The average Bonchev–Trinajstić information content (AvgIpc) is 3.14. The first-order valence-electron chi connectivity index (χ1n) is 8.94. The number of carbonyl (C=O) groups excluding carboxylic acids is 1. The Morgan fingerprint density at radius 1 is 0.923 bits per heavy atom. The van der Waals surface area contributed by atoms with Crippen LogP contribution in [-0.4, -0.2) is 33.7 Å². The van der Waals surface area contributed by atoms with Gasteiger partial charge in [0.05, 0.1) is 16.4 Å². The third-order valence-corrected chi connectivity index (χ3v) is 5.05. The van der Waals surface area contributed by atoms with E-state index in [1.54, 1.807) is 4.68 Å². The Morgan fingerprint density at radius 3 is 2.35 bits per heavy atom. The van der Waals surface area contributed by atoms with Gasteiger partial charge in [0.2, 0.25) is 0 Å². The van der Waals surface area contributed by atoms with Crippen LogP contribution in [0.15, 0.2) is 60.7 Å². The molecule has 1 aliphatic rings. The molecule has 4 rings (SSSR count). The van der Waals surface area contributed by atoms with E-state index in [-0.39, 0.29) is 5.91 Å². The molecule has 2 aromatic carbocycles. The zero-order valence-electron chi connectivity index (χ0n) is 14.4. The van der Waals surface area contributed by atoms with Crippen LogP contribution in [0.25, 0.3) is 16.9 Å². The number of para-hydroxylation sites is 1. The first-order valence-corrected chi connectivity index (χ1v) is 9.31. The fourth-order valence-electron chi connectivity index (χ4n) is 3.36. The highest BCUT2D eigenvalue weighted by molar-refractivity contribution is 6.33. The van der Waals surface area contributed by atoms with Crippen molar-refractivity contribution < 1.29 is 4.79 Å². The average molecular weight is 366 g/mol. The summed E-state index contributed by atoms with van der Waals surface area (Å²) in [6.07, 6.45) is 3.30. The second kappa shape index (κ2) is 7.34. The Balaban J connectivity index is 1.81. The Hall–Kier alpha value is -2.59. The molecule has 0 atom stereocenters. The second-order valence-corrected chi connectivity index (χ2v) is 6.90. The highest BCUT2D eigenvalue weighted by Gasteiger charge is 2.24. The van der Waals surface area contributed by atoms with E-state index in [1.807, 2.05) is 65.6 Å². The third kappa shape index (κ3) is 3.25. The Labute approximate surface area is 158 Å². The second-order valence-electron chi connectivity index (χ2n) is 6.49. The fraction of sp³-hybridized carbons (Fsp3) is 0.238. The maximum absolute atomic E-state index is 13.2. The molecule has 0 aliphatic carbocycles. The normalized spacial score (nSPS) is 14.4. The topological polar surface area (TPSA) is 38.1 Å². The molecule has 1 amide bonds. The van der Waals surface area contributed by atoms with Crippen LogP contribution < -0.4 is 0 Å². The maximum Gasteiger partial charge on any atom is 0.272 e. The number of hydrogen-bond donors (Lipinski definition) is 0. The molecule has 0 saturated carbocycles. The van der Waals surface area contributed by atoms with Gasteiger partial charge in [-0.05, 0) is 43.5 Å². The van der Waals surface area contributed by atoms with Gasteiger partial charge in [-0.15, -0.1) is 0 Å². The number of halogens is 1. The highest BCUT2D eigenvalue weighted by atomic mass is 35.5. The molecule has 0 unspecified atom stereocenters. The van der Waals surface area contributed by atoms with Gasteiger partial charge in [-0.2, -0.15) is 5.10 Å². The van der Waals surface area contributed by atoms with Crippen LogP contribution in [0.5, 0.6) is 0 Å². The van der Waals surface area contributed by atoms with Gasteiger partial charge in [-0.3, -0.25) is 4.79 Å². The van der Waals surface area contributed by atoms with Crippen LogP contribution in [0.4, 0.5) is 0 Å². The van der Waals surface area contributed by atoms with Crippen LogP contribution in [0.2, 0.25) is 5.02 Å². The fourth-order valence-corrected chi connectivity index (χ4v) is 3.59. The third-order valence-electron chi connectivity index (χ3n) is 4.72. The molecule has 1 aliphatic heterocycles. The van der Waals surface area contributed by atoms with Crippen molar-refractivity contribution in [1.82, 2.24) is 14.7 Å². The number of piperidine rings is 1. The van der Waals surface area contributed by atoms with Crippen molar-refractivity contribution >= 4 is 17.5 Å². The Kier molecular flexibility index (Phi) is 4.76. The van der Waals surface area contributed by atoms with Crippen molar-refractivity contribution in [3.63, 3.8) is 0 Å². The zero-order valence-corrected chi connectivity index (χ0v) is 15.2. The van der Waals surface area contributed by atoms with E-state index in [9.17, 15) is 4.79 Å². The van der Waals surface area contributed by atoms with Crippen molar-refractivity contribution in [3.05, 3.63) is 71.4 Å². The molecule has 0 N–H and O–H groups in total. The first kappa shape index (κ1) is 16.9. The summed E-state index contributed by atoms with van der Waals surface area (Å²) in [6, 6.07) is 19.2. The first-order chi connectivity index (χ1) is 12.7. The molecule has 26 heavy (non-hydrogen) atoms. The van der Waals surface area contributed by atoms with E-state index in [1.165, 1.54) is 6.42 Å². The standard InChI is InChI=1S/C21H20ClN3O/c22-18-12-6-5-11-17(18)19-15-20(21(26)24-13-7-2-8-14-24)25(23-19)16-9-3-1-4-10-16/h1,3-6,9-12,15H,2,7-8,13-14H2. The van der Waals surface area contributed by atoms with Gasteiger partial charge < -0.3 is 4.90 Å². The van der Waals surface area contributed by atoms with Crippen molar-refractivity contribution in [2.45, 2.75) is 19.3 Å². The quantitative estimate of drug-likeness (QED) is 0.667. The van der Waals surface area contributed by atoms with E-state index >= 15 is 0 Å². The number of benzene rings is 2. The van der Waals surface area contributed by atoms with Crippen molar-refractivity contribution in [1.29, 1.82) is 0 Å². The van der Waals surface area contributed by atoms with Gasteiger partial charge in [0.15, 0.2) is 0 Å². The van der Waals surface area contributed by atoms with Crippen molar-refractivity contribution in [2.24, 2.45) is 0 Å². The minimum absolute atomic E-state index is 0.0272. The molecule has 0 spiro atoms. The predicted molar refractivity (Wildman–Crippen MR) is 104 cm³/mol. The minimum Gasteiger partial charge on any atom is -0.337 e. The molecule has 3 aromatic rings. The summed E-state index contributed by atoms with van der Waals surface area (Å²) in [5.41, 5.74) is 2.98. The van der Waals surface area contributed by atoms with Crippen molar-refractivity contribution in [3.8, 4) is 16.9 Å². The SMILES string of the molecule is O=C(c1cc(-c2ccccc2Cl)nn1-c1ccccc1)N1CCCCC1. The van der Waals surface area contributed by atoms with Crippen LogP contribution >= 0.6 is 11.6 Å². The van der Waals surface area contributed by atoms with Crippen LogP contribution in [0.1, 0.15) is 29.8 Å². The van der Waals surface area contributed by atoms with Gasteiger partial charge in [0, 0.05) is 18.7 Å². The Morgan fingerprint density at radius 2 is 1.62 bits per heavy atom. The summed E-state index contributed by atoms with van der Waals surface area (Å²) in [5.74, 6) is 0.0272. The molecular formula is C21H20ClN3O. The summed E-state index contributed by atoms with van der Waals surface area (Å²) in [5, 5.41) is 5.34. The number of aromatic nitrogens is 2. The molecule has 0 radical (unpaired) electrons. The lowest BCUT2D eigenvalue weighted by molar-refractivity contribution is 0.0715. The molecule has 1 saturated heterocycles. The molecule has 2 heterocycles. The smallest absolute Gasteiger partial charge is 0.272 e. The summed E-state index contributed by atoms with van der Waals surface area (Å²) in [7, 11) is 0. The summed E-state index contributed by atoms with van der Waals surface area (Å²) in [4.78, 5) is 15.1. The van der Waals surface area contributed by atoms with Crippen LogP contribution in [-0.2, 0) is 0 Å². The van der Waals surface area contributed by atoms with Crippen LogP contribution in [0, 0.1) is 0 Å². The molecule has 1 fully saturated rings. The molecule has 0 bridgehead atoms.